The van der Waals surface area contributed by atoms with Crippen LogP contribution in [0.15, 0.2) is 65.8 Å². The Balaban J connectivity index is 1.80. The Labute approximate surface area is 180 Å². The van der Waals surface area contributed by atoms with Crippen LogP contribution in [0.25, 0.3) is 11.0 Å². The van der Waals surface area contributed by atoms with Crippen molar-refractivity contribution in [1.82, 2.24) is 29.6 Å². The minimum atomic E-state index is -0.0901. The van der Waals surface area contributed by atoms with Crippen LogP contribution in [-0.2, 0) is 13.1 Å². The molecule has 0 saturated heterocycles. The number of hydrogen-bond acceptors (Lipinski definition) is 6. The predicted molar refractivity (Wildman–Crippen MR) is 120 cm³/mol. The molecular formula is C23H27N7O. The largest absolute Gasteiger partial charge is 0.329 e. The Kier molecular flexibility index (Phi) is 6.49. The molecule has 160 valence electrons. The highest BCUT2D eigenvalue weighted by Gasteiger charge is 2.25. The molecule has 8 nitrogen and oxygen atoms in total. The van der Waals surface area contributed by atoms with Gasteiger partial charge in [-0.15, -0.1) is 0 Å². The zero-order valence-corrected chi connectivity index (χ0v) is 17.6. The highest BCUT2D eigenvalue weighted by atomic mass is 16.1. The van der Waals surface area contributed by atoms with Crippen molar-refractivity contribution in [2.45, 2.75) is 32.5 Å². The lowest BCUT2D eigenvalue weighted by Gasteiger charge is -2.31. The Morgan fingerprint density at radius 2 is 1.90 bits per heavy atom. The molecule has 0 spiro atoms. The molecule has 3 heterocycles. The number of nitrogens with zero attached hydrogens (tertiary/aromatic N) is 5. The van der Waals surface area contributed by atoms with E-state index in [-0.39, 0.29) is 11.6 Å². The Bertz CT molecular complexity index is 1170. The van der Waals surface area contributed by atoms with Crippen LogP contribution in [0.3, 0.4) is 0 Å². The van der Waals surface area contributed by atoms with Crippen molar-refractivity contribution >= 4 is 11.0 Å². The van der Waals surface area contributed by atoms with Crippen LogP contribution in [0.5, 0.6) is 0 Å². The van der Waals surface area contributed by atoms with Gasteiger partial charge in [0.25, 0.3) is 5.56 Å². The van der Waals surface area contributed by atoms with E-state index in [0.29, 0.717) is 37.2 Å². The average molecular weight is 418 g/mol. The van der Waals surface area contributed by atoms with Gasteiger partial charge in [0.15, 0.2) is 5.65 Å². The Morgan fingerprint density at radius 1 is 1.13 bits per heavy atom. The summed E-state index contributed by atoms with van der Waals surface area (Å²) in [6.45, 7) is 4.45. The molecule has 0 aliphatic heterocycles. The number of nitrogens with two attached hydrogens (primary N) is 1. The van der Waals surface area contributed by atoms with Crippen molar-refractivity contribution in [1.29, 1.82) is 0 Å². The van der Waals surface area contributed by atoms with Crippen LogP contribution in [0.4, 0.5) is 0 Å². The first-order valence-electron chi connectivity index (χ1n) is 10.5. The molecule has 0 amide bonds. The van der Waals surface area contributed by atoms with Gasteiger partial charge in [-0.3, -0.25) is 24.3 Å². The first-order valence-corrected chi connectivity index (χ1v) is 10.5. The number of pyridine rings is 1. The van der Waals surface area contributed by atoms with E-state index < -0.39 is 0 Å². The molecule has 1 aromatic carbocycles. The lowest BCUT2D eigenvalue weighted by molar-refractivity contribution is 0.176. The summed E-state index contributed by atoms with van der Waals surface area (Å²) < 4.78 is 1.78. The van der Waals surface area contributed by atoms with Gasteiger partial charge in [-0.2, -0.15) is 5.10 Å². The molecule has 1 atom stereocenters. The van der Waals surface area contributed by atoms with Crippen molar-refractivity contribution < 1.29 is 0 Å². The van der Waals surface area contributed by atoms with Gasteiger partial charge in [0.05, 0.1) is 18.8 Å². The Hall–Kier alpha value is -3.36. The quantitative estimate of drug-likeness (QED) is 0.433. The van der Waals surface area contributed by atoms with Gasteiger partial charge >= 0.3 is 0 Å². The molecule has 3 N–H and O–H groups in total. The Morgan fingerprint density at radius 3 is 2.61 bits per heavy atom. The molecule has 0 bridgehead atoms. The SMILES string of the molecule is CCC(c1nc2[nH]ncc2c(=O)n1Cc1ccccc1)N(CCN)Cc1ccncc1. The fraction of sp³-hybridized carbons (Fsp3) is 0.304. The van der Waals surface area contributed by atoms with E-state index in [4.69, 9.17) is 10.7 Å². The van der Waals surface area contributed by atoms with E-state index in [0.717, 1.165) is 23.4 Å². The molecule has 3 aromatic heterocycles. The number of H-pyrrole nitrogens is 1. The summed E-state index contributed by atoms with van der Waals surface area (Å²) in [4.78, 5) is 24.6. The summed E-state index contributed by atoms with van der Waals surface area (Å²) in [6.07, 6.45) is 5.91. The highest BCUT2D eigenvalue weighted by molar-refractivity contribution is 5.72. The van der Waals surface area contributed by atoms with Crippen LogP contribution in [0.1, 0.15) is 36.3 Å². The molecule has 1 unspecified atom stereocenters. The summed E-state index contributed by atoms with van der Waals surface area (Å²) in [6, 6.07) is 13.9. The van der Waals surface area contributed by atoms with Crippen LogP contribution < -0.4 is 11.3 Å². The summed E-state index contributed by atoms with van der Waals surface area (Å²) in [5.74, 6) is 0.718. The normalized spacial score (nSPS) is 12.5. The van der Waals surface area contributed by atoms with Gasteiger partial charge in [0.2, 0.25) is 0 Å². The summed E-state index contributed by atoms with van der Waals surface area (Å²) in [5, 5.41) is 7.40. The van der Waals surface area contributed by atoms with Gasteiger partial charge in [0.1, 0.15) is 11.2 Å². The molecule has 4 rings (SSSR count). The second-order valence-corrected chi connectivity index (χ2v) is 7.52. The van der Waals surface area contributed by atoms with Gasteiger partial charge in [-0.1, -0.05) is 37.3 Å². The number of fused-ring (bicyclic) bond motifs is 1. The molecule has 8 heteroatoms. The third-order valence-electron chi connectivity index (χ3n) is 5.46. The first-order chi connectivity index (χ1) is 15.2. The summed E-state index contributed by atoms with van der Waals surface area (Å²) in [7, 11) is 0. The first kappa shape index (κ1) is 20.9. The smallest absolute Gasteiger partial charge is 0.265 e. The van der Waals surface area contributed by atoms with E-state index >= 15 is 0 Å². The maximum absolute atomic E-state index is 13.4. The minimum absolute atomic E-state index is 0.0826. The number of rotatable bonds is 9. The van der Waals surface area contributed by atoms with Crippen molar-refractivity contribution in [3.05, 3.63) is 88.4 Å². The van der Waals surface area contributed by atoms with Gasteiger partial charge in [-0.25, -0.2) is 4.98 Å². The topological polar surface area (TPSA) is 106 Å². The average Bonchev–Trinajstić information content (AvgIpc) is 3.27. The lowest BCUT2D eigenvalue weighted by atomic mass is 10.1. The van der Waals surface area contributed by atoms with Gasteiger partial charge in [-0.05, 0) is 29.7 Å². The number of benzene rings is 1. The van der Waals surface area contributed by atoms with Crippen molar-refractivity contribution in [3.8, 4) is 0 Å². The standard InChI is InChI=1S/C23H27N7O/c1-2-20(29(13-10-24)15-18-8-11-25-12-9-18)22-27-21-19(14-26-28-21)23(31)30(22)16-17-6-4-3-5-7-17/h3-9,11-12,14,20H,2,10,13,15-16,24H2,1H3,(H,26,28). The fourth-order valence-electron chi connectivity index (χ4n) is 3.96. The predicted octanol–water partition coefficient (Wildman–Crippen LogP) is 2.47. The number of hydrogen-bond donors (Lipinski definition) is 2. The molecule has 0 radical (unpaired) electrons. The van der Waals surface area contributed by atoms with Crippen LogP contribution >= 0.6 is 0 Å². The molecule has 0 fully saturated rings. The molecule has 0 aliphatic carbocycles. The fourth-order valence-corrected chi connectivity index (χ4v) is 3.96. The van der Waals surface area contributed by atoms with Crippen LogP contribution in [0.2, 0.25) is 0 Å². The number of aromatic nitrogens is 5. The second kappa shape index (κ2) is 9.63. The maximum Gasteiger partial charge on any atom is 0.265 e. The van der Waals surface area contributed by atoms with Crippen LogP contribution in [0, 0.1) is 0 Å². The molecule has 0 aliphatic rings. The van der Waals surface area contributed by atoms with Crippen molar-refractivity contribution in [2.75, 3.05) is 13.1 Å². The maximum atomic E-state index is 13.4. The lowest BCUT2D eigenvalue weighted by Crippen LogP contribution is -2.37. The van der Waals surface area contributed by atoms with E-state index in [9.17, 15) is 4.79 Å². The molecule has 4 aromatic rings. The number of aromatic amines is 1. The van der Waals surface area contributed by atoms with Gasteiger partial charge in [0, 0.05) is 32.0 Å². The van der Waals surface area contributed by atoms with Gasteiger partial charge < -0.3 is 5.73 Å². The van der Waals surface area contributed by atoms with E-state index in [1.165, 1.54) is 0 Å². The van der Waals surface area contributed by atoms with E-state index in [2.05, 4.69) is 27.0 Å². The van der Waals surface area contributed by atoms with E-state index in [1.807, 2.05) is 42.5 Å². The minimum Gasteiger partial charge on any atom is -0.329 e. The second-order valence-electron chi connectivity index (χ2n) is 7.52. The van der Waals surface area contributed by atoms with Crippen molar-refractivity contribution in [3.63, 3.8) is 0 Å². The summed E-state index contributed by atoms with van der Waals surface area (Å²) in [5.41, 5.74) is 8.57. The monoisotopic (exact) mass is 417 g/mol. The third-order valence-corrected chi connectivity index (χ3v) is 5.46. The summed E-state index contributed by atoms with van der Waals surface area (Å²) >= 11 is 0. The zero-order chi connectivity index (χ0) is 21.6. The zero-order valence-electron chi connectivity index (χ0n) is 17.6. The molecule has 31 heavy (non-hydrogen) atoms. The highest BCUT2D eigenvalue weighted by Crippen LogP contribution is 2.25. The van der Waals surface area contributed by atoms with E-state index in [1.54, 1.807) is 23.2 Å². The van der Waals surface area contributed by atoms with Crippen molar-refractivity contribution in [2.24, 2.45) is 5.73 Å². The molecule has 0 saturated carbocycles. The van der Waals surface area contributed by atoms with Crippen LogP contribution in [-0.4, -0.2) is 42.7 Å². The molecular weight excluding hydrogens is 390 g/mol. The third kappa shape index (κ3) is 4.55. The number of nitrogens with one attached hydrogen (secondary N) is 1.